The highest BCUT2D eigenvalue weighted by molar-refractivity contribution is 6.31. The van der Waals surface area contributed by atoms with Gasteiger partial charge in [0, 0.05) is 11.4 Å². The third kappa shape index (κ3) is 3.07. The van der Waals surface area contributed by atoms with Crippen molar-refractivity contribution < 1.29 is 4.74 Å². The lowest BCUT2D eigenvalue weighted by molar-refractivity contribution is 0.178. The summed E-state index contributed by atoms with van der Waals surface area (Å²) in [4.78, 5) is 0. The lowest BCUT2D eigenvalue weighted by Gasteiger charge is -2.25. The van der Waals surface area contributed by atoms with Gasteiger partial charge in [-0.15, -0.1) is 0 Å². The molecule has 3 rings (SSSR count). The van der Waals surface area contributed by atoms with E-state index in [-0.39, 0.29) is 12.1 Å². The van der Waals surface area contributed by atoms with Gasteiger partial charge in [0.05, 0.1) is 6.04 Å². The van der Waals surface area contributed by atoms with E-state index in [4.69, 9.17) is 16.3 Å². The highest BCUT2D eigenvalue weighted by Crippen LogP contribution is 2.35. The molecule has 0 saturated carbocycles. The zero-order chi connectivity index (χ0) is 14.7. The number of rotatable bonds is 5. The molecule has 1 heterocycles. The summed E-state index contributed by atoms with van der Waals surface area (Å²) in [5, 5.41) is 4.39. The number of hydrogen-bond donors (Lipinski definition) is 1. The molecule has 0 amide bonds. The first kappa shape index (κ1) is 14.4. The van der Waals surface area contributed by atoms with E-state index in [1.165, 1.54) is 5.56 Å². The molecule has 0 spiro atoms. The van der Waals surface area contributed by atoms with Gasteiger partial charge < -0.3 is 10.1 Å². The molecule has 0 saturated heterocycles. The summed E-state index contributed by atoms with van der Waals surface area (Å²) >= 11 is 6.39. The minimum atomic E-state index is 0.0915. The van der Waals surface area contributed by atoms with Crippen LogP contribution in [0.2, 0.25) is 5.02 Å². The molecule has 2 nitrogen and oxygen atoms in total. The van der Waals surface area contributed by atoms with Crippen molar-refractivity contribution in [3.63, 3.8) is 0 Å². The molecule has 0 radical (unpaired) electrons. The molecule has 0 aromatic heterocycles. The van der Waals surface area contributed by atoms with Crippen molar-refractivity contribution >= 4 is 11.6 Å². The van der Waals surface area contributed by atoms with E-state index in [9.17, 15) is 0 Å². The van der Waals surface area contributed by atoms with E-state index in [1.54, 1.807) is 0 Å². The summed E-state index contributed by atoms with van der Waals surface area (Å²) in [5.74, 6) is 0.998. The standard InChI is InChI=1S/C18H20ClNO/c1-2-11-20-18(14-8-4-5-9-15(14)19)17-12-13-7-3-6-10-16(13)21-17/h3-10,17-18,20H,2,11-12H2,1H3. The Bertz CT molecular complexity index is 589. The number of hydrogen-bond acceptors (Lipinski definition) is 2. The van der Waals surface area contributed by atoms with Crippen LogP contribution in [0.3, 0.4) is 0 Å². The average Bonchev–Trinajstić information content (AvgIpc) is 2.93. The van der Waals surface area contributed by atoms with Crippen molar-refractivity contribution in [1.29, 1.82) is 0 Å². The van der Waals surface area contributed by atoms with Crippen LogP contribution in [0.15, 0.2) is 48.5 Å². The zero-order valence-electron chi connectivity index (χ0n) is 12.2. The molecule has 1 aliphatic rings. The fourth-order valence-electron chi connectivity index (χ4n) is 2.86. The Morgan fingerprint density at radius 3 is 2.71 bits per heavy atom. The molecule has 2 aromatic carbocycles. The van der Waals surface area contributed by atoms with Crippen LogP contribution in [-0.4, -0.2) is 12.6 Å². The van der Waals surface area contributed by atoms with Gasteiger partial charge in [0.1, 0.15) is 11.9 Å². The summed E-state index contributed by atoms with van der Waals surface area (Å²) in [6.07, 6.45) is 2.09. The van der Waals surface area contributed by atoms with Crippen LogP contribution >= 0.6 is 11.6 Å². The van der Waals surface area contributed by atoms with E-state index in [0.717, 1.165) is 35.7 Å². The Kier molecular flexibility index (Phi) is 4.47. The number of halogens is 1. The van der Waals surface area contributed by atoms with Gasteiger partial charge in [0.15, 0.2) is 0 Å². The first-order valence-electron chi connectivity index (χ1n) is 7.52. The van der Waals surface area contributed by atoms with Gasteiger partial charge in [-0.2, -0.15) is 0 Å². The summed E-state index contributed by atoms with van der Waals surface area (Å²) in [6, 6.07) is 16.4. The molecule has 0 aliphatic carbocycles. The predicted molar refractivity (Wildman–Crippen MR) is 87.0 cm³/mol. The Morgan fingerprint density at radius 2 is 1.95 bits per heavy atom. The summed E-state index contributed by atoms with van der Waals surface area (Å²) in [6.45, 7) is 3.12. The topological polar surface area (TPSA) is 21.3 Å². The normalized spacial score (nSPS) is 18.1. The first-order valence-corrected chi connectivity index (χ1v) is 7.89. The van der Waals surface area contributed by atoms with Gasteiger partial charge >= 0.3 is 0 Å². The fourth-order valence-corrected chi connectivity index (χ4v) is 3.12. The third-order valence-corrected chi connectivity index (χ3v) is 4.24. The van der Waals surface area contributed by atoms with Crippen LogP contribution in [0.25, 0.3) is 0 Å². The Balaban J connectivity index is 1.86. The molecule has 3 heteroatoms. The van der Waals surface area contributed by atoms with E-state index in [1.807, 2.05) is 30.3 Å². The molecule has 2 atom stereocenters. The molecular weight excluding hydrogens is 282 g/mol. The quantitative estimate of drug-likeness (QED) is 0.884. The second-order valence-corrected chi connectivity index (χ2v) is 5.83. The van der Waals surface area contributed by atoms with Crippen LogP contribution in [0, 0.1) is 0 Å². The second-order valence-electron chi connectivity index (χ2n) is 5.42. The smallest absolute Gasteiger partial charge is 0.123 e. The highest BCUT2D eigenvalue weighted by atomic mass is 35.5. The Hall–Kier alpha value is -1.51. The maximum Gasteiger partial charge on any atom is 0.123 e. The van der Waals surface area contributed by atoms with Crippen molar-refractivity contribution in [3.8, 4) is 5.75 Å². The van der Waals surface area contributed by atoms with Gasteiger partial charge in [-0.05, 0) is 36.2 Å². The Labute approximate surface area is 131 Å². The van der Waals surface area contributed by atoms with E-state index in [0.29, 0.717) is 0 Å². The fraction of sp³-hybridized carbons (Fsp3) is 0.333. The van der Waals surface area contributed by atoms with Gasteiger partial charge in [0.2, 0.25) is 0 Å². The minimum Gasteiger partial charge on any atom is -0.488 e. The van der Waals surface area contributed by atoms with Crippen LogP contribution in [0.4, 0.5) is 0 Å². The van der Waals surface area contributed by atoms with Crippen molar-refractivity contribution in [2.24, 2.45) is 0 Å². The summed E-state index contributed by atoms with van der Waals surface area (Å²) in [7, 11) is 0. The van der Waals surface area contributed by atoms with Gasteiger partial charge in [-0.3, -0.25) is 0 Å². The van der Waals surface area contributed by atoms with Gasteiger partial charge in [-0.1, -0.05) is 54.9 Å². The first-order chi connectivity index (χ1) is 10.3. The monoisotopic (exact) mass is 301 g/mol. The van der Waals surface area contributed by atoms with E-state index < -0.39 is 0 Å². The van der Waals surface area contributed by atoms with Crippen molar-refractivity contribution in [2.75, 3.05) is 6.54 Å². The van der Waals surface area contributed by atoms with Crippen LogP contribution in [0.5, 0.6) is 5.75 Å². The van der Waals surface area contributed by atoms with Crippen molar-refractivity contribution in [3.05, 3.63) is 64.7 Å². The number of nitrogens with one attached hydrogen (secondary N) is 1. The lowest BCUT2D eigenvalue weighted by Crippen LogP contribution is -2.35. The van der Waals surface area contributed by atoms with Gasteiger partial charge in [-0.25, -0.2) is 0 Å². The van der Waals surface area contributed by atoms with E-state index >= 15 is 0 Å². The number of benzene rings is 2. The maximum absolute atomic E-state index is 6.39. The molecule has 110 valence electrons. The highest BCUT2D eigenvalue weighted by Gasteiger charge is 2.31. The predicted octanol–water partition coefficient (Wildman–Crippen LogP) is 4.38. The van der Waals surface area contributed by atoms with Crippen LogP contribution in [-0.2, 0) is 6.42 Å². The molecule has 2 unspecified atom stereocenters. The van der Waals surface area contributed by atoms with E-state index in [2.05, 4.69) is 30.4 Å². The largest absolute Gasteiger partial charge is 0.488 e. The molecule has 1 aliphatic heterocycles. The third-order valence-electron chi connectivity index (χ3n) is 3.90. The van der Waals surface area contributed by atoms with Crippen LogP contribution in [0.1, 0.15) is 30.5 Å². The van der Waals surface area contributed by atoms with Crippen molar-refractivity contribution in [2.45, 2.75) is 31.9 Å². The zero-order valence-corrected chi connectivity index (χ0v) is 12.9. The molecule has 0 bridgehead atoms. The molecule has 1 N–H and O–H groups in total. The maximum atomic E-state index is 6.39. The number of para-hydroxylation sites is 1. The number of fused-ring (bicyclic) bond motifs is 1. The van der Waals surface area contributed by atoms with Crippen molar-refractivity contribution in [1.82, 2.24) is 5.32 Å². The average molecular weight is 302 g/mol. The molecule has 2 aromatic rings. The van der Waals surface area contributed by atoms with Gasteiger partial charge in [0.25, 0.3) is 0 Å². The summed E-state index contributed by atoms with van der Waals surface area (Å²) in [5.41, 5.74) is 2.39. The summed E-state index contributed by atoms with van der Waals surface area (Å²) < 4.78 is 6.15. The van der Waals surface area contributed by atoms with Crippen LogP contribution < -0.4 is 10.1 Å². The number of ether oxygens (including phenoxy) is 1. The lowest BCUT2D eigenvalue weighted by atomic mass is 9.97. The SMILES string of the molecule is CCCNC(c1ccccc1Cl)C1Cc2ccccc2O1. The molecule has 0 fully saturated rings. The Morgan fingerprint density at radius 1 is 1.19 bits per heavy atom. The minimum absolute atomic E-state index is 0.0915. The second kappa shape index (κ2) is 6.50. The molecule has 21 heavy (non-hydrogen) atoms. The molecular formula is C18H20ClNO.